The summed E-state index contributed by atoms with van der Waals surface area (Å²) in [6.45, 7) is 9.27. The molecule has 2 aliphatic rings. The molecule has 2 saturated heterocycles. The van der Waals surface area contributed by atoms with Crippen LogP contribution in [-0.4, -0.2) is 97.7 Å². The van der Waals surface area contributed by atoms with Gasteiger partial charge in [0, 0.05) is 55.8 Å². The highest BCUT2D eigenvalue weighted by molar-refractivity contribution is 9.10. The Morgan fingerprint density at radius 3 is 2.25 bits per heavy atom. The molecule has 0 aliphatic carbocycles. The quantitative estimate of drug-likeness (QED) is 0.268. The van der Waals surface area contributed by atoms with Gasteiger partial charge in [-0.2, -0.15) is 5.10 Å². The van der Waals surface area contributed by atoms with Gasteiger partial charge in [-0.25, -0.2) is 5.43 Å². The number of amides is 3. The van der Waals surface area contributed by atoms with Crippen molar-refractivity contribution in [2.75, 3.05) is 64.3 Å². The lowest BCUT2D eigenvalue weighted by molar-refractivity contribution is -0.136. The second-order valence-electron chi connectivity index (χ2n) is 11.0. The Morgan fingerprint density at radius 1 is 0.864 bits per heavy atom. The van der Waals surface area contributed by atoms with Crippen molar-refractivity contribution >= 4 is 45.6 Å². The first kappa shape index (κ1) is 31.5. The molecule has 0 unspecified atom stereocenters. The van der Waals surface area contributed by atoms with E-state index in [1.807, 2.05) is 48.2 Å². The molecule has 3 aromatic rings. The molecular formula is C33H37BrN6O4. The van der Waals surface area contributed by atoms with E-state index in [2.05, 4.69) is 41.6 Å². The molecule has 5 rings (SSSR count). The second kappa shape index (κ2) is 15.2. The normalized spacial score (nSPS) is 16.2. The van der Waals surface area contributed by atoms with Gasteiger partial charge in [0.15, 0.2) is 0 Å². The number of benzene rings is 3. The average Bonchev–Trinajstić information content (AvgIpc) is 3.04. The molecule has 0 saturated carbocycles. The van der Waals surface area contributed by atoms with Crippen LogP contribution in [0.25, 0.3) is 0 Å². The average molecular weight is 662 g/mol. The fourth-order valence-corrected chi connectivity index (χ4v) is 5.48. The van der Waals surface area contributed by atoms with Crippen molar-refractivity contribution in [2.24, 2.45) is 5.10 Å². The standard InChI is InChI=1S/C33H37BrN6O4/c1-24-2-4-25(5-3-24)21-35-37-33(43)29-20-28(34)10-11-30(29)36-32(42)27-8-6-26(7-9-27)22-38-12-14-39(15-13-38)23-31(41)40-16-18-44-19-17-40/h2-11,20-21H,12-19,22-23H2,1H3,(H,36,42)(H,37,43). The summed E-state index contributed by atoms with van der Waals surface area (Å²) in [7, 11) is 0. The number of carbonyl (C=O) groups is 3. The van der Waals surface area contributed by atoms with Crippen molar-refractivity contribution in [3.8, 4) is 0 Å². The molecular weight excluding hydrogens is 624 g/mol. The molecule has 11 heteroatoms. The van der Waals surface area contributed by atoms with E-state index in [0.29, 0.717) is 48.6 Å². The van der Waals surface area contributed by atoms with Crippen molar-refractivity contribution in [3.63, 3.8) is 0 Å². The Hall–Kier alpha value is -3.90. The summed E-state index contributed by atoms with van der Waals surface area (Å²) in [4.78, 5) is 45.1. The Labute approximate surface area is 266 Å². The minimum atomic E-state index is -0.439. The minimum Gasteiger partial charge on any atom is -0.378 e. The fraction of sp³-hybridized carbons (Fsp3) is 0.333. The summed E-state index contributed by atoms with van der Waals surface area (Å²) >= 11 is 3.41. The van der Waals surface area contributed by atoms with Gasteiger partial charge in [-0.05, 0) is 48.4 Å². The van der Waals surface area contributed by atoms with Crippen LogP contribution in [0, 0.1) is 6.92 Å². The van der Waals surface area contributed by atoms with E-state index in [1.54, 1.807) is 36.5 Å². The molecule has 0 bridgehead atoms. The van der Waals surface area contributed by atoms with Gasteiger partial charge in [-0.3, -0.25) is 24.2 Å². The Kier molecular flexibility index (Phi) is 10.9. The Bertz CT molecular complexity index is 1480. The van der Waals surface area contributed by atoms with E-state index < -0.39 is 5.91 Å². The van der Waals surface area contributed by atoms with Crippen LogP contribution in [0.15, 0.2) is 76.3 Å². The summed E-state index contributed by atoms with van der Waals surface area (Å²) in [5.74, 6) is -0.571. The molecule has 0 radical (unpaired) electrons. The molecule has 10 nitrogen and oxygen atoms in total. The van der Waals surface area contributed by atoms with Gasteiger partial charge in [-0.15, -0.1) is 0 Å². The van der Waals surface area contributed by atoms with E-state index >= 15 is 0 Å². The van der Waals surface area contributed by atoms with Crippen molar-refractivity contribution in [1.82, 2.24) is 20.1 Å². The first-order chi connectivity index (χ1) is 21.3. The number of hydrazone groups is 1. The van der Waals surface area contributed by atoms with Crippen LogP contribution in [0.1, 0.15) is 37.4 Å². The highest BCUT2D eigenvalue weighted by atomic mass is 79.9. The molecule has 0 aromatic heterocycles. The number of nitrogens with zero attached hydrogens (tertiary/aromatic N) is 4. The van der Waals surface area contributed by atoms with Gasteiger partial charge < -0.3 is 15.0 Å². The van der Waals surface area contributed by atoms with E-state index in [1.165, 1.54) is 0 Å². The number of piperazine rings is 1. The lowest BCUT2D eigenvalue weighted by Crippen LogP contribution is -2.51. The third kappa shape index (κ3) is 8.82. The number of aryl methyl sites for hydroxylation is 1. The van der Waals surface area contributed by atoms with Crippen LogP contribution in [0.5, 0.6) is 0 Å². The number of morpholine rings is 1. The van der Waals surface area contributed by atoms with E-state index in [9.17, 15) is 14.4 Å². The molecule has 3 aromatic carbocycles. The number of hydrogen-bond donors (Lipinski definition) is 2. The number of anilines is 1. The zero-order valence-electron chi connectivity index (χ0n) is 24.8. The van der Waals surface area contributed by atoms with Gasteiger partial charge in [0.1, 0.15) is 0 Å². The lowest BCUT2D eigenvalue weighted by atomic mass is 10.1. The molecule has 230 valence electrons. The van der Waals surface area contributed by atoms with Crippen molar-refractivity contribution in [2.45, 2.75) is 13.5 Å². The summed E-state index contributed by atoms with van der Waals surface area (Å²) in [6, 6.07) is 20.4. The Morgan fingerprint density at radius 2 is 1.55 bits per heavy atom. The number of hydrogen-bond acceptors (Lipinski definition) is 7. The predicted octanol–water partition coefficient (Wildman–Crippen LogP) is 3.75. The van der Waals surface area contributed by atoms with Gasteiger partial charge in [0.05, 0.1) is 37.2 Å². The number of rotatable bonds is 9. The highest BCUT2D eigenvalue weighted by Gasteiger charge is 2.23. The molecule has 2 N–H and O–H groups in total. The molecule has 0 spiro atoms. The first-order valence-corrected chi connectivity index (χ1v) is 15.5. The monoisotopic (exact) mass is 660 g/mol. The summed E-state index contributed by atoms with van der Waals surface area (Å²) < 4.78 is 6.05. The SMILES string of the molecule is Cc1ccc(C=NNC(=O)c2cc(Br)ccc2NC(=O)c2ccc(CN3CCN(CC(=O)N4CCOCC4)CC3)cc2)cc1. The maximum atomic E-state index is 13.1. The highest BCUT2D eigenvalue weighted by Crippen LogP contribution is 2.22. The van der Waals surface area contributed by atoms with Crippen LogP contribution in [0.2, 0.25) is 0 Å². The van der Waals surface area contributed by atoms with Crippen LogP contribution < -0.4 is 10.7 Å². The summed E-state index contributed by atoms with van der Waals surface area (Å²) in [5, 5.41) is 6.94. The minimum absolute atomic E-state index is 0.179. The predicted molar refractivity (Wildman–Crippen MR) is 174 cm³/mol. The zero-order chi connectivity index (χ0) is 30.9. The maximum absolute atomic E-state index is 13.1. The number of carbonyl (C=O) groups excluding carboxylic acids is 3. The van der Waals surface area contributed by atoms with Gasteiger partial charge in [0.2, 0.25) is 5.91 Å². The van der Waals surface area contributed by atoms with E-state index in [0.717, 1.165) is 49.4 Å². The largest absolute Gasteiger partial charge is 0.378 e. The molecule has 2 heterocycles. The van der Waals surface area contributed by atoms with E-state index in [-0.39, 0.29) is 17.4 Å². The molecule has 2 aliphatic heterocycles. The number of halogens is 1. The number of ether oxygens (including phenoxy) is 1. The first-order valence-electron chi connectivity index (χ1n) is 14.7. The fourth-order valence-electron chi connectivity index (χ4n) is 5.12. The lowest BCUT2D eigenvalue weighted by Gasteiger charge is -2.36. The van der Waals surface area contributed by atoms with Crippen LogP contribution in [-0.2, 0) is 16.1 Å². The molecule has 2 fully saturated rings. The molecule has 0 atom stereocenters. The Balaban J connectivity index is 1.12. The molecule has 3 amide bonds. The third-order valence-electron chi connectivity index (χ3n) is 7.74. The van der Waals surface area contributed by atoms with Crippen LogP contribution in [0.4, 0.5) is 5.69 Å². The van der Waals surface area contributed by atoms with Gasteiger partial charge in [0.25, 0.3) is 11.8 Å². The van der Waals surface area contributed by atoms with E-state index in [4.69, 9.17) is 4.74 Å². The smallest absolute Gasteiger partial charge is 0.273 e. The summed E-state index contributed by atoms with van der Waals surface area (Å²) in [6.07, 6.45) is 1.57. The topological polar surface area (TPSA) is 107 Å². The van der Waals surface area contributed by atoms with Gasteiger partial charge in [-0.1, -0.05) is 57.9 Å². The third-order valence-corrected chi connectivity index (χ3v) is 8.23. The van der Waals surface area contributed by atoms with Crippen molar-refractivity contribution < 1.29 is 19.1 Å². The second-order valence-corrected chi connectivity index (χ2v) is 11.9. The zero-order valence-corrected chi connectivity index (χ0v) is 26.4. The maximum Gasteiger partial charge on any atom is 0.273 e. The van der Waals surface area contributed by atoms with Gasteiger partial charge >= 0.3 is 0 Å². The van der Waals surface area contributed by atoms with Crippen molar-refractivity contribution in [1.29, 1.82) is 0 Å². The van der Waals surface area contributed by atoms with Crippen molar-refractivity contribution in [3.05, 3.63) is 99.0 Å². The summed E-state index contributed by atoms with van der Waals surface area (Å²) in [5.41, 5.74) is 6.81. The molecule has 44 heavy (non-hydrogen) atoms. The van der Waals surface area contributed by atoms with Crippen LogP contribution >= 0.6 is 15.9 Å². The van der Waals surface area contributed by atoms with Crippen LogP contribution in [0.3, 0.4) is 0 Å². The number of nitrogens with one attached hydrogen (secondary N) is 2.